The fourth-order valence-corrected chi connectivity index (χ4v) is 5.97. The molecule has 1 unspecified atom stereocenters. The van der Waals surface area contributed by atoms with Gasteiger partial charge in [-0.2, -0.15) is 11.8 Å². The Morgan fingerprint density at radius 2 is 1.75 bits per heavy atom. The number of carbonyl (C=O) groups is 2. The van der Waals surface area contributed by atoms with Crippen LogP contribution in [0.3, 0.4) is 0 Å². The van der Waals surface area contributed by atoms with E-state index in [-0.39, 0.29) is 17.8 Å². The lowest BCUT2D eigenvalue weighted by atomic mass is 9.84. The molecule has 3 saturated heterocycles. The van der Waals surface area contributed by atoms with Crippen molar-refractivity contribution in [3.63, 3.8) is 0 Å². The van der Waals surface area contributed by atoms with Gasteiger partial charge < -0.3 is 9.64 Å². The van der Waals surface area contributed by atoms with Crippen molar-refractivity contribution in [2.24, 2.45) is 5.92 Å². The number of amides is 1. The second kappa shape index (κ2) is 6.87. The molecule has 1 atom stereocenters. The zero-order valence-corrected chi connectivity index (χ0v) is 15.2. The minimum absolute atomic E-state index is 0.170. The number of likely N-dealkylation sites (tertiary alicyclic amines) is 1. The number of hydrogen-bond acceptors (Lipinski definition) is 5. The molecule has 3 aliphatic heterocycles. The lowest BCUT2D eigenvalue weighted by Gasteiger charge is -2.41. The third-order valence-electron chi connectivity index (χ3n) is 6.41. The van der Waals surface area contributed by atoms with E-state index in [0.29, 0.717) is 12.5 Å². The molecule has 0 N–H and O–H groups in total. The van der Waals surface area contributed by atoms with Crippen LogP contribution in [0.25, 0.3) is 0 Å². The molecular formula is C18H28N2O3S. The van der Waals surface area contributed by atoms with Crippen molar-refractivity contribution in [2.75, 3.05) is 37.7 Å². The molecule has 6 heteroatoms. The van der Waals surface area contributed by atoms with Crippen LogP contribution in [0.2, 0.25) is 0 Å². The minimum Gasteiger partial charge on any atom is -0.458 e. The molecule has 0 aromatic rings. The number of nitrogens with zero attached hydrogens (tertiary/aromatic N) is 2. The molecule has 0 bridgehead atoms. The number of hydrogen-bond donors (Lipinski definition) is 0. The molecule has 4 rings (SSSR count). The third kappa shape index (κ3) is 3.07. The zero-order chi connectivity index (χ0) is 16.6. The lowest BCUT2D eigenvalue weighted by Crippen LogP contribution is -2.52. The van der Waals surface area contributed by atoms with Gasteiger partial charge in [0.2, 0.25) is 5.91 Å². The molecule has 134 valence electrons. The quantitative estimate of drug-likeness (QED) is 0.711. The van der Waals surface area contributed by atoms with E-state index in [4.69, 9.17) is 4.74 Å². The zero-order valence-electron chi connectivity index (χ0n) is 14.4. The highest BCUT2D eigenvalue weighted by Gasteiger charge is 2.55. The smallest absolute Gasteiger partial charge is 0.307 e. The maximum absolute atomic E-state index is 13.1. The Kier molecular flexibility index (Phi) is 4.78. The molecule has 1 saturated carbocycles. The van der Waals surface area contributed by atoms with Crippen molar-refractivity contribution in [1.29, 1.82) is 0 Å². The molecule has 0 aromatic heterocycles. The molecule has 3 heterocycles. The van der Waals surface area contributed by atoms with E-state index in [9.17, 15) is 9.59 Å². The van der Waals surface area contributed by atoms with Gasteiger partial charge in [0.15, 0.2) is 0 Å². The number of rotatable bonds is 2. The Balaban J connectivity index is 1.36. The Bertz CT molecular complexity index is 492. The van der Waals surface area contributed by atoms with Gasteiger partial charge in [-0.15, -0.1) is 0 Å². The van der Waals surface area contributed by atoms with E-state index in [0.717, 1.165) is 51.6 Å². The predicted molar refractivity (Wildman–Crippen MR) is 93.9 cm³/mol. The molecule has 4 fully saturated rings. The summed E-state index contributed by atoms with van der Waals surface area (Å²) in [5.74, 6) is 2.26. The fourth-order valence-electron chi connectivity index (χ4n) is 5.04. The van der Waals surface area contributed by atoms with Crippen LogP contribution in [-0.4, -0.2) is 71.0 Å². The van der Waals surface area contributed by atoms with Crippen LogP contribution in [0.15, 0.2) is 0 Å². The van der Waals surface area contributed by atoms with Gasteiger partial charge in [0.05, 0.1) is 12.3 Å². The van der Waals surface area contributed by atoms with Gasteiger partial charge in [-0.25, -0.2) is 0 Å². The number of piperidine rings is 1. The first-order valence-electron chi connectivity index (χ1n) is 9.50. The normalized spacial score (nSPS) is 31.6. The van der Waals surface area contributed by atoms with Crippen LogP contribution in [0, 0.1) is 5.92 Å². The molecule has 1 aliphatic carbocycles. The molecule has 24 heavy (non-hydrogen) atoms. The molecule has 0 aromatic carbocycles. The molecular weight excluding hydrogens is 324 g/mol. The van der Waals surface area contributed by atoms with Gasteiger partial charge in [0, 0.05) is 43.7 Å². The van der Waals surface area contributed by atoms with Crippen molar-refractivity contribution in [2.45, 2.75) is 56.6 Å². The van der Waals surface area contributed by atoms with Crippen molar-refractivity contribution in [3.8, 4) is 0 Å². The summed E-state index contributed by atoms with van der Waals surface area (Å²) >= 11 is 2.04. The van der Waals surface area contributed by atoms with E-state index in [1.807, 2.05) is 16.7 Å². The molecule has 0 radical (unpaired) electrons. The number of ether oxygens (including phenoxy) is 1. The Hall–Kier alpha value is -0.750. The summed E-state index contributed by atoms with van der Waals surface area (Å²) in [6.07, 6.45) is 6.34. The largest absolute Gasteiger partial charge is 0.458 e. The predicted octanol–water partition coefficient (Wildman–Crippen LogP) is 1.90. The highest BCUT2D eigenvalue weighted by Crippen LogP contribution is 2.46. The lowest BCUT2D eigenvalue weighted by molar-refractivity contribution is -0.152. The number of thioether (sulfide) groups is 1. The highest BCUT2D eigenvalue weighted by atomic mass is 32.2. The molecule has 4 aliphatic rings. The summed E-state index contributed by atoms with van der Waals surface area (Å²) in [7, 11) is 0. The minimum atomic E-state index is -0.463. The Morgan fingerprint density at radius 1 is 1.08 bits per heavy atom. The maximum Gasteiger partial charge on any atom is 0.307 e. The van der Waals surface area contributed by atoms with E-state index in [1.165, 1.54) is 24.6 Å². The van der Waals surface area contributed by atoms with Crippen LogP contribution in [0.4, 0.5) is 0 Å². The van der Waals surface area contributed by atoms with Gasteiger partial charge in [-0.1, -0.05) is 0 Å². The monoisotopic (exact) mass is 352 g/mol. The van der Waals surface area contributed by atoms with Gasteiger partial charge >= 0.3 is 5.97 Å². The van der Waals surface area contributed by atoms with E-state index in [1.54, 1.807) is 0 Å². The standard InChI is InChI=1S/C18H28N2O3S/c21-16-13-15(18(23-16)5-1-2-6-18)17(22)20-7-3-14(4-8-20)19-9-11-24-12-10-19/h14-15H,1-13H2. The van der Waals surface area contributed by atoms with Crippen LogP contribution in [0.5, 0.6) is 0 Å². The van der Waals surface area contributed by atoms with Crippen molar-refractivity contribution in [1.82, 2.24) is 9.80 Å². The van der Waals surface area contributed by atoms with E-state index in [2.05, 4.69) is 4.90 Å². The SMILES string of the molecule is O=C1CC(C(=O)N2CCC(N3CCSCC3)CC2)C2(CCCC2)O1. The summed E-state index contributed by atoms with van der Waals surface area (Å²) in [4.78, 5) is 29.6. The second-order valence-corrected chi connectivity index (χ2v) is 8.93. The molecule has 1 spiro atoms. The Morgan fingerprint density at radius 3 is 2.42 bits per heavy atom. The van der Waals surface area contributed by atoms with Crippen molar-refractivity contribution < 1.29 is 14.3 Å². The number of carbonyl (C=O) groups excluding carboxylic acids is 2. The average molecular weight is 353 g/mol. The summed E-state index contributed by atoms with van der Waals surface area (Å²) < 4.78 is 5.65. The second-order valence-electron chi connectivity index (χ2n) is 7.71. The van der Waals surface area contributed by atoms with Gasteiger partial charge in [-0.05, 0) is 38.5 Å². The average Bonchev–Trinajstić information content (AvgIpc) is 3.22. The third-order valence-corrected chi connectivity index (χ3v) is 7.35. The van der Waals surface area contributed by atoms with Crippen molar-refractivity contribution >= 4 is 23.6 Å². The fraction of sp³-hybridized carbons (Fsp3) is 0.889. The van der Waals surface area contributed by atoms with Crippen LogP contribution >= 0.6 is 11.8 Å². The van der Waals surface area contributed by atoms with E-state index < -0.39 is 5.60 Å². The first-order chi connectivity index (χ1) is 11.7. The summed E-state index contributed by atoms with van der Waals surface area (Å²) in [6.45, 7) is 4.07. The first-order valence-corrected chi connectivity index (χ1v) is 10.7. The Labute approximate surface area is 148 Å². The number of esters is 1. The van der Waals surface area contributed by atoms with Crippen LogP contribution in [-0.2, 0) is 14.3 Å². The molecule has 1 amide bonds. The van der Waals surface area contributed by atoms with Gasteiger partial charge in [-0.3, -0.25) is 14.5 Å². The first kappa shape index (κ1) is 16.7. The van der Waals surface area contributed by atoms with Gasteiger partial charge in [0.25, 0.3) is 0 Å². The molecule has 5 nitrogen and oxygen atoms in total. The topological polar surface area (TPSA) is 49.9 Å². The summed E-state index contributed by atoms with van der Waals surface area (Å²) in [5, 5.41) is 0. The van der Waals surface area contributed by atoms with Crippen molar-refractivity contribution in [3.05, 3.63) is 0 Å². The van der Waals surface area contributed by atoms with Crippen LogP contribution in [0.1, 0.15) is 44.9 Å². The van der Waals surface area contributed by atoms with Crippen LogP contribution < -0.4 is 0 Å². The highest BCUT2D eigenvalue weighted by molar-refractivity contribution is 7.99. The van der Waals surface area contributed by atoms with Gasteiger partial charge in [0.1, 0.15) is 5.60 Å². The summed E-state index contributed by atoms with van der Waals surface area (Å²) in [5.41, 5.74) is -0.463. The maximum atomic E-state index is 13.1. The van der Waals surface area contributed by atoms with E-state index >= 15 is 0 Å². The summed E-state index contributed by atoms with van der Waals surface area (Å²) in [6, 6.07) is 0.636.